The van der Waals surface area contributed by atoms with Crippen LogP contribution >= 0.6 is 0 Å². The number of anilines is 1. The molecule has 2 aromatic heterocycles. The summed E-state index contributed by atoms with van der Waals surface area (Å²) in [6, 6.07) is 4.07. The number of rotatable bonds is 3. The molecule has 5 heteroatoms. The van der Waals surface area contributed by atoms with Crippen LogP contribution in [0.2, 0.25) is 0 Å². The number of aromatic nitrogens is 2. The van der Waals surface area contributed by atoms with E-state index in [1.165, 1.54) is 11.1 Å². The van der Waals surface area contributed by atoms with Gasteiger partial charge in [-0.1, -0.05) is 0 Å². The van der Waals surface area contributed by atoms with Gasteiger partial charge in [0.25, 0.3) is 0 Å². The topological polar surface area (TPSA) is 61.0 Å². The van der Waals surface area contributed by atoms with Gasteiger partial charge in [-0.15, -0.1) is 0 Å². The van der Waals surface area contributed by atoms with Crippen molar-refractivity contribution in [3.8, 4) is 0 Å². The molecule has 0 spiro atoms. The minimum atomic E-state index is 0.0964. The van der Waals surface area contributed by atoms with Crippen molar-refractivity contribution in [1.82, 2.24) is 14.9 Å². The minimum absolute atomic E-state index is 0.0964. The smallest absolute Gasteiger partial charge is 0.228 e. The summed E-state index contributed by atoms with van der Waals surface area (Å²) in [5.41, 5.74) is 3.31. The number of hydrogen-bond donors (Lipinski definition) is 2. The standard InChI is InChI=1S/C17H20N4O/c1-21-8-2-3-12(10-21)14-9-15(20-17(22)11-4-5-11)19-16-13(14)6-7-18-16/h6-7,9-11H,2-5,8H2,1H3,(H2,18,19,20,22). The number of carbonyl (C=O) groups excluding carboxylic acids is 1. The van der Waals surface area contributed by atoms with Gasteiger partial charge in [0.05, 0.1) is 0 Å². The van der Waals surface area contributed by atoms with Crippen molar-refractivity contribution < 1.29 is 4.79 Å². The van der Waals surface area contributed by atoms with Crippen LogP contribution in [0.15, 0.2) is 24.5 Å². The SMILES string of the molecule is CN1C=C(c2cc(NC(=O)C3CC3)nc3[nH]ccc23)CCC1. The van der Waals surface area contributed by atoms with Crippen molar-refractivity contribution in [3.63, 3.8) is 0 Å². The third-order valence-electron chi connectivity index (χ3n) is 4.41. The number of nitrogens with zero attached hydrogens (tertiary/aromatic N) is 2. The van der Waals surface area contributed by atoms with E-state index >= 15 is 0 Å². The molecule has 1 amide bonds. The molecule has 2 N–H and O–H groups in total. The number of H-pyrrole nitrogens is 1. The highest BCUT2D eigenvalue weighted by Crippen LogP contribution is 2.33. The van der Waals surface area contributed by atoms with Crippen molar-refractivity contribution >= 4 is 28.3 Å². The molecule has 22 heavy (non-hydrogen) atoms. The summed E-state index contributed by atoms with van der Waals surface area (Å²) < 4.78 is 0. The first-order valence-corrected chi connectivity index (χ1v) is 7.91. The number of fused-ring (bicyclic) bond motifs is 1. The van der Waals surface area contributed by atoms with E-state index < -0.39 is 0 Å². The Balaban J connectivity index is 1.75. The molecule has 0 bridgehead atoms. The maximum absolute atomic E-state index is 12.0. The average Bonchev–Trinajstić information content (AvgIpc) is 3.25. The summed E-state index contributed by atoms with van der Waals surface area (Å²) in [7, 11) is 2.10. The Labute approximate surface area is 129 Å². The molecule has 2 aromatic rings. The fourth-order valence-electron chi connectivity index (χ4n) is 3.06. The summed E-state index contributed by atoms with van der Waals surface area (Å²) >= 11 is 0. The summed E-state index contributed by atoms with van der Waals surface area (Å²) in [6.45, 7) is 1.09. The minimum Gasteiger partial charge on any atom is -0.380 e. The third-order valence-corrected chi connectivity index (χ3v) is 4.41. The summed E-state index contributed by atoms with van der Waals surface area (Å²) in [4.78, 5) is 21.9. The number of allylic oxidation sites excluding steroid dienone is 1. The fraction of sp³-hybridized carbons (Fsp3) is 0.412. The second-order valence-electron chi connectivity index (χ2n) is 6.30. The average molecular weight is 296 g/mol. The molecule has 0 atom stereocenters. The molecule has 114 valence electrons. The number of aromatic amines is 1. The summed E-state index contributed by atoms with van der Waals surface area (Å²) in [5, 5.41) is 4.08. The lowest BCUT2D eigenvalue weighted by molar-refractivity contribution is -0.117. The Bertz CT molecular complexity index is 757. The lowest BCUT2D eigenvalue weighted by atomic mass is 9.97. The van der Waals surface area contributed by atoms with Gasteiger partial charge in [-0.3, -0.25) is 4.79 Å². The number of hydrogen-bond acceptors (Lipinski definition) is 3. The van der Waals surface area contributed by atoms with Crippen LogP contribution in [0, 0.1) is 5.92 Å². The quantitative estimate of drug-likeness (QED) is 0.915. The normalized spacial score (nSPS) is 18.4. The Morgan fingerprint density at radius 3 is 3.09 bits per heavy atom. The van der Waals surface area contributed by atoms with E-state index in [2.05, 4.69) is 39.5 Å². The highest BCUT2D eigenvalue weighted by atomic mass is 16.2. The molecule has 1 aliphatic carbocycles. The molecule has 0 radical (unpaired) electrons. The van der Waals surface area contributed by atoms with Gasteiger partial charge in [0, 0.05) is 37.3 Å². The number of amides is 1. The molecule has 0 saturated heterocycles. The van der Waals surface area contributed by atoms with Crippen LogP contribution in [0.3, 0.4) is 0 Å². The van der Waals surface area contributed by atoms with Crippen LogP contribution in [-0.4, -0.2) is 34.4 Å². The molecule has 2 aliphatic rings. The maximum Gasteiger partial charge on any atom is 0.228 e. The molecule has 3 heterocycles. The van der Waals surface area contributed by atoms with Crippen LogP contribution in [0.4, 0.5) is 5.82 Å². The Hall–Kier alpha value is -2.30. The van der Waals surface area contributed by atoms with E-state index in [1.54, 1.807) is 0 Å². The van der Waals surface area contributed by atoms with E-state index in [1.807, 2.05) is 12.3 Å². The lowest BCUT2D eigenvalue weighted by Gasteiger charge is -2.23. The van der Waals surface area contributed by atoms with E-state index in [0.29, 0.717) is 5.82 Å². The van der Waals surface area contributed by atoms with Crippen LogP contribution < -0.4 is 5.32 Å². The van der Waals surface area contributed by atoms with E-state index in [4.69, 9.17) is 0 Å². The largest absolute Gasteiger partial charge is 0.380 e. The monoisotopic (exact) mass is 296 g/mol. The van der Waals surface area contributed by atoms with Crippen LogP contribution in [0.5, 0.6) is 0 Å². The highest BCUT2D eigenvalue weighted by molar-refractivity contribution is 5.97. The Morgan fingerprint density at radius 1 is 1.45 bits per heavy atom. The van der Waals surface area contributed by atoms with Crippen molar-refractivity contribution in [2.45, 2.75) is 25.7 Å². The van der Waals surface area contributed by atoms with Gasteiger partial charge in [-0.25, -0.2) is 4.98 Å². The Kier molecular flexibility index (Phi) is 3.13. The van der Waals surface area contributed by atoms with Crippen molar-refractivity contribution in [1.29, 1.82) is 0 Å². The zero-order valence-electron chi connectivity index (χ0n) is 12.7. The molecule has 0 unspecified atom stereocenters. The van der Waals surface area contributed by atoms with Gasteiger partial charge in [0.15, 0.2) is 0 Å². The fourth-order valence-corrected chi connectivity index (χ4v) is 3.06. The highest BCUT2D eigenvalue weighted by Gasteiger charge is 2.30. The summed E-state index contributed by atoms with van der Waals surface area (Å²) in [6.07, 6.45) is 8.32. The third kappa shape index (κ3) is 2.47. The van der Waals surface area contributed by atoms with Gasteiger partial charge in [-0.2, -0.15) is 0 Å². The van der Waals surface area contributed by atoms with Gasteiger partial charge in [0.2, 0.25) is 5.91 Å². The Morgan fingerprint density at radius 2 is 2.32 bits per heavy atom. The van der Waals surface area contributed by atoms with Crippen LogP contribution in [0.25, 0.3) is 16.6 Å². The first-order valence-electron chi connectivity index (χ1n) is 7.91. The predicted molar refractivity (Wildman–Crippen MR) is 87.3 cm³/mol. The second-order valence-corrected chi connectivity index (χ2v) is 6.30. The molecule has 5 nitrogen and oxygen atoms in total. The van der Waals surface area contributed by atoms with Crippen molar-refractivity contribution in [3.05, 3.63) is 30.1 Å². The van der Waals surface area contributed by atoms with Crippen LogP contribution in [0.1, 0.15) is 31.2 Å². The molecule has 1 aliphatic heterocycles. The lowest BCUT2D eigenvalue weighted by Crippen LogP contribution is -2.18. The zero-order valence-corrected chi connectivity index (χ0v) is 12.7. The van der Waals surface area contributed by atoms with Crippen molar-refractivity contribution in [2.75, 3.05) is 18.9 Å². The predicted octanol–water partition coefficient (Wildman–Crippen LogP) is 2.98. The van der Waals surface area contributed by atoms with Gasteiger partial charge >= 0.3 is 0 Å². The first kappa shape index (κ1) is 13.4. The first-order chi connectivity index (χ1) is 10.7. The van der Waals surface area contributed by atoms with E-state index in [0.717, 1.165) is 43.3 Å². The molecule has 1 fully saturated rings. The molecule has 4 rings (SSSR count). The van der Waals surface area contributed by atoms with Crippen LogP contribution in [-0.2, 0) is 4.79 Å². The number of nitrogens with one attached hydrogen (secondary N) is 2. The van der Waals surface area contributed by atoms with Crippen molar-refractivity contribution in [2.24, 2.45) is 5.92 Å². The molecular weight excluding hydrogens is 276 g/mol. The van der Waals surface area contributed by atoms with Gasteiger partial charge in [-0.05, 0) is 49.0 Å². The maximum atomic E-state index is 12.0. The molecule has 0 aromatic carbocycles. The molecular formula is C17H20N4O. The van der Waals surface area contributed by atoms with Gasteiger partial charge < -0.3 is 15.2 Å². The van der Waals surface area contributed by atoms with E-state index in [9.17, 15) is 4.79 Å². The second kappa shape index (κ2) is 5.16. The summed E-state index contributed by atoms with van der Waals surface area (Å²) in [5.74, 6) is 0.930. The number of pyridine rings is 1. The molecule has 1 saturated carbocycles. The number of carbonyl (C=O) groups is 1. The van der Waals surface area contributed by atoms with Gasteiger partial charge in [0.1, 0.15) is 11.5 Å². The van der Waals surface area contributed by atoms with E-state index in [-0.39, 0.29) is 11.8 Å². The zero-order chi connectivity index (χ0) is 15.1.